The van der Waals surface area contributed by atoms with Crippen molar-refractivity contribution >= 4 is 0 Å². The molecular weight excluding hydrogens is 266 g/mol. The molecule has 21 heavy (non-hydrogen) atoms. The highest BCUT2D eigenvalue weighted by Gasteiger charge is 2.25. The van der Waals surface area contributed by atoms with Crippen LogP contribution in [0, 0.1) is 0 Å². The SMILES string of the molecule is COc1ccc(C(C)(N)c2cc(OC)cc(OC)c2)cc1. The van der Waals surface area contributed by atoms with E-state index in [2.05, 4.69) is 0 Å². The van der Waals surface area contributed by atoms with Crippen molar-refractivity contribution < 1.29 is 14.2 Å². The minimum atomic E-state index is -0.659. The maximum atomic E-state index is 6.55. The van der Waals surface area contributed by atoms with Gasteiger partial charge in [-0.2, -0.15) is 0 Å². The molecule has 2 aromatic carbocycles. The lowest BCUT2D eigenvalue weighted by molar-refractivity contribution is 0.391. The second kappa shape index (κ2) is 6.06. The van der Waals surface area contributed by atoms with Gasteiger partial charge in [0.1, 0.15) is 17.2 Å². The van der Waals surface area contributed by atoms with Crippen molar-refractivity contribution in [1.82, 2.24) is 0 Å². The van der Waals surface area contributed by atoms with Crippen LogP contribution in [0.1, 0.15) is 18.1 Å². The fraction of sp³-hybridized carbons (Fsp3) is 0.294. The van der Waals surface area contributed by atoms with E-state index in [0.29, 0.717) is 0 Å². The molecule has 0 aromatic heterocycles. The molecular formula is C17H21NO3. The fourth-order valence-electron chi connectivity index (χ4n) is 2.21. The van der Waals surface area contributed by atoms with E-state index in [9.17, 15) is 0 Å². The van der Waals surface area contributed by atoms with Gasteiger partial charge in [-0.1, -0.05) is 12.1 Å². The molecule has 2 rings (SSSR count). The van der Waals surface area contributed by atoms with Gasteiger partial charge in [0.2, 0.25) is 0 Å². The second-order valence-electron chi connectivity index (χ2n) is 5.03. The van der Waals surface area contributed by atoms with Crippen LogP contribution in [-0.4, -0.2) is 21.3 Å². The van der Waals surface area contributed by atoms with E-state index in [-0.39, 0.29) is 0 Å². The lowest BCUT2D eigenvalue weighted by Gasteiger charge is -2.27. The molecule has 0 amide bonds. The summed E-state index contributed by atoms with van der Waals surface area (Å²) in [6.07, 6.45) is 0. The molecule has 0 fully saturated rings. The zero-order valence-corrected chi connectivity index (χ0v) is 12.8. The summed E-state index contributed by atoms with van der Waals surface area (Å²) in [6, 6.07) is 13.4. The maximum Gasteiger partial charge on any atom is 0.122 e. The molecule has 112 valence electrons. The second-order valence-corrected chi connectivity index (χ2v) is 5.03. The molecule has 0 saturated carbocycles. The van der Waals surface area contributed by atoms with Gasteiger partial charge in [0.15, 0.2) is 0 Å². The summed E-state index contributed by atoms with van der Waals surface area (Å²) in [4.78, 5) is 0. The Kier molecular flexibility index (Phi) is 4.38. The number of rotatable bonds is 5. The monoisotopic (exact) mass is 287 g/mol. The van der Waals surface area contributed by atoms with Crippen molar-refractivity contribution in [3.63, 3.8) is 0 Å². The molecule has 2 N–H and O–H groups in total. The Morgan fingerprint density at radius 3 is 1.62 bits per heavy atom. The Balaban J connectivity index is 2.46. The van der Waals surface area contributed by atoms with Crippen molar-refractivity contribution in [1.29, 1.82) is 0 Å². The molecule has 2 aromatic rings. The maximum absolute atomic E-state index is 6.55. The van der Waals surface area contributed by atoms with Gasteiger partial charge in [-0.3, -0.25) is 0 Å². The standard InChI is InChI=1S/C17H21NO3/c1-17(18,12-5-7-14(19-2)8-6-12)13-9-15(20-3)11-16(10-13)21-4/h5-11H,18H2,1-4H3. The summed E-state index contributed by atoms with van der Waals surface area (Å²) in [6.45, 7) is 1.96. The van der Waals surface area contributed by atoms with E-state index >= 15 is 0 Å². The number of hydrogen-bond acceptors (Lipinski definition) is 4. The Morgan fingerprint density at radius 1 is 0.714 bits per heavy atom. The van der Waals surface area contributed by atoms with Crippen molar-refractivity contribution in [3.8, 4) is 17.2 Å². The Bertz CT molecular complexity index is 584. The number of benzene rings is 2. The third-order valence-corrected chi connectivity index (χ3v) is 3.64. The molecule has 1 atom stereocenters. The molecule has 0 bridgehead atoms. The zero-order chi connectivity index (χ0) is 15.5. The highest BCUT2D eigenvalue weighted by Crippen LogP contribution is 2.33. The molecule has 0 aliphatic carbocycles. The van der Waals surface area contributed by atoms with E-state index < -0.39 is 5.54 Å². The fourth-order valence-corrected chi connectivity index (χ4v) is 2.21. The lowest BCUT2D eigenvalue weighted by atomic mass is 9.85. The first-order valence-electron chi connectivity index (χ1n) is 6.68. The molecule has 0 aliphatic rings. The van der Waals surface area contributed by atoms with Crippen LogP contribution in [0.5, 0.6) is 17.2 Å². The largest absolute Gasteiger partial charge is 0.497 e. The van der Waals surface area contributed by atoms with E-state index in [1.54, 1.807) is 21.3 Å². The highest BCUT2D eigenvalue weighted by atomic mass is 16.5. The van der Waals surface area contributed by atoms with Crippen molar-refractivity contribution in [2.75, 3.05) is 21.3 Å². The summed E-state index contributed by atoms with van der Waals surface area (Å²) >= 11 is 0. The van der Waals surface area contributed by atoms with Gasteiger partial charge in [-0.05, 0) is 42.3 Å². The molecule has 0 aliphatic heterocycles. The summed E-state index contributed by atoms with van der Waals surface area (Å²) in [7, 11) is 4.89. The predicted octanol–water partition coefficient (Wildman–Crippen LogP) is 2.93. The minimum absolute atomic E-state index is 0.659. The van der Waals surface area contributed by atoms with Gasteiger partial charge in [0, 0.05) is 6.07 Å². The van der Waals surface area contributed by atoms with Crippen molar-refractivity contribution in [2.24, 2.45) is 5.73 Å². The topological polar surface area (TPSA) is 53.7 Å². The normalized spacial score (nSPS) is 13.4. The summed E-state index contributed by atoms with van der Waals surface area (Å²) in [5.74, 6) is 2.24. The van der Waals surface area contributed by atoms with Crippen LogP contribution in [-0.2, 0) is 5.54 Å². The molecule has 0 radical (unpaired) electrons. The average Bonchev–Trinajstić information content (AvgIpc) is 2.54. The summed E-state index contributed by atoms with van der Waals surface area (Å²) in [5, 5.41) is 0. The van der Waals surface area contributed by atoms with Gasteiger partial charge in [0.05, 0.1) is 26.9 Å². The van der Waals surface area contributed by atoms with Crippen LogP contribution >= 0.6 is 0 Å². The van der Waals surface area contributed by atoms with Crippen molar-refractivity contribution in [2.45, 2.75) is 12.5 Å². The smallest absolute Gasteiger partial charge is 0.122 e. The van der Waals surface area contributed by atoms with E-state index in [1.807, 2.05) is 49.4 Å². The lowest BCUT2D eigenvalue weighted by Crippen LogP contribution is -2.34. The predicted molar refractivity (Wildman–Crippen MR) is 83.2 cm³/mol. The molecule has 0 heterocycles. The van der Waals surface area contributed by atoms with Gasteiger partial charge < -0.3 is 19.9 Å². The minimum Gasteiger partial charge on any atom is -0.497 e. The van der Waals surface area contributed by atoms with Gasteiger partial charge in [0.25, 0.3) is 0 Å². The van der Waals surface area contributed by atoms with E-state index in [0.717, 1.165) is 28.4 Å². The Labute approximate surface area is 125 Å². The first kappa shape index (κ1) is 15.2. The van der Waals surface area contributed by atoms with Crippen LogP contribution in [0.4, 0.5) is 0 Å². The quantitative estimate of drug-likeness (QED) is 0.918. The van der Waals surface area contributed by atoms with Gasteiger partial charge >= 0.3 is 0 Å². The van der Waals surface area contributed by atoms with Crippen molar-refractivity contribution in [3.05, 3.63) is 53.6 Å². The number of hydrogen-bond donors (Lipinski definition) is 1. The van der Waals surface area contributed by atoms with Crippen LogP contribution < -0.4 is 19.9 Å². The number of nitrogens with two attached hydrogens (primary N) is 1. The Hall–Kier alpha value is -2.20. The van der Waals surface area contributed by atoms with Crippen LogP contribution in [0.2, 0.25) is 0 Å². The van der Waals surface area contributed by atoms with E-state index in [1.165, 1.54) is 0 Å². The first-order valence-corrected chi connectivity index (χ1v) is 6.68. The number of methoxy groups -OCH3 is 3. The summed E-state index contributed by atoms with van der Waals surface area (Å²) in [5.41, 5.74) is 7.79. The molecule has 1 unspecified atom stereocenters. The number of ether oxygens (including phenoxy) is 3. The van der Waals surface area contributed by atoms with E-state index in [4.69, 9.17) is 19.9 Å². The third-order valence-electron chi connectivity index (χ3n) is 3.64. The van der Waals surface area contributed by atoms with Gasteiger partial charge in [-0.25, -0.2) is 0 Å². The molecule has 0 spiro atoms. The van der Waals surface area contributed by atoms with Crippen LogP contribution in [0.15, 0.2) is 42.5 Å². The molecule has 0 saturated heterocycles. The highest BCUT2D eigenvalue weighted by molar-refractivity contribution is 5.46. The zero-order valence-electron chi connectivity index (χ0n) is 12.8. The third kappa shape index (κ3) is 3.11. The summed E-state index contributed by atoms with van der Waals surface area (Å²) < 4.78 is 15.8. The Morgan fingerprint density at radius 2 is 1.19 bits per heavy atom. The first-order chi connectivity index (χ1) is 10.0. The van der Waals surface area contributed by atoms with Gasteiger partial charge in [-0.15, -0.1) is 0 Å². The van der Waals surface area contributed by atoms with Crippen LogP contribution in [0.25, 0.3) is 0 Å². The molecule has 4 heteroatoms. The average molecular weight is 287 g/mol. The van der Waals surface area contributed by atoms with Crippen LogP contribution in [0.3, 0.4) is 0 Å². The molecule has 4 nitrogen and oxygen atoms in total.